The molecule has 180 valence electrons. The highest BCUT2D eigenvalue weighted by molar-refractivity contribution is 6.36. The minimum atomic E-state index is -0.597. The zero-order valence-corrected chi connectivity index (χ0v) is 21.2. The molecular weight excluding hydrogens is 459 g/mol. The maximum atomic E-state index is 13.3. The molecule has 0 aliphatic rings. The Balaban J connectivity index is 2.09. The number of halogens is 2. The lowest BCUT2D eigenvalue weighted by Gasteiger charge is -2.31. The minimum absolute atomic E-state index is 0.129. The lowest BCUT2D eigenvalue weighted by molar-refractivity contribution is -0.141. The Labute approximate surface area is 207 Å². The number of unbranched alkanes of at least 4 members (excludes halogenated alkanes) is 1. The van der Waals surface area contributed by atoms with Crippen LogP contribution < -0.4 is 10.1 Å². The van der Waals surface area contributed by atoms with Crippen molar-refractivity contribution in [3.05, 3.63) is 63.6 Å². The summed E-state index contributed by atoms with van der Waals surface area (Å²) in [6, 6.07) is 12.4. The second kappa shape index (κ2) is 14.1. The second-order valence-corrected chi connectivity index (χ2v) is 8.87. The molecule has 0 fully saturated rings. The Kier molecular flexibility index (Phi) is 11.6. The molecule has 0 bridgehead atoms. The normalized spacial score (nSPS) is 11.7. The summed E-state index contributed by atoms with van der Waals surface area (Å²) >= 11 is 12.7. The van der Waals surface area contributed by atoms with Gasteiger partial charge in [-0.15, -0.1) is 0 Å². The van der Waals surface area contributed by atoms with E-state index in [2.05, 4.69) is 12.2 Å². The molecule has 0 heterocycles. The summed E-state index contributed by atoms with van der Waals surface area (Å²) in [5.41, 5.74) is 1.80. The van der Waals surface area contributed by atoms with Gasteiger partial charge in [-0.1, -0.05) is 67.2 Å². The Bertz CT molecular complexity index is 883. The number of amides is 2. The van der Waals surface area contributed by atoms with Crippen LogP contribution in [0, 0.1) is 6.92 Å². The van der Waals surface area contributed by atoms with Crippen LogP contribution in [0.5, 0.6) is 5.75 Å². The van der Waals surface area contributed by atoms with Crippen molar-refractivity contribution < 1.29 is 14.3 Å². The van der Waals surface area contributed by atoms with Gasteiger partial charge >= 0.3 is 0 Å². The van der Waals surface area contributed by atoms with Gasteiger partial charge < -0.3 is 15.0 Å². The predicted molar refractivity (Wildman–Crippen MR) is 135 cm³/mol. The number of nitrogens with one attached hydrogen (secondary N) is 1. The maximum absolute atomic E-state index is 13.3. The third-order valence-corrected chi connectivity index (χ3v) is 6.14. The van der Waals surface area contributed by atoms with Gasteiger partial charge in [0.2, 0.25) is 11.8 Å². The van der Waals surface area contributed by atoms with E-state index in [9.17, 15) is 9.59 Å². The number of aryl methyl sites for hydroxylation is 1. The van der Waals surface area contributed by atoms with E-state index in [-0.39, 0.29) is 24.8 Å². The Morgan fingerprint density at radius 3 is 2.30 bits per heavy atom. The Hall–Kier alpha value is -2.24. The van der Waals surface area contributed by atoms with Crippen LogP contribution in [0.2, 0.25) is 10.0 Å². The van der Waals surface area contributed by atoms with Crippen LogP contribution in [0.25, 0.3) is 0 Å². The van der Waals surface area contributed by atoms with Gasteiger partial charge in [0.05, 0.1) is 6.61 Å². The molecule has 0 spiro atoms. The first-order chi connectivity index (χ1) is 15.9. The average Bonchev–Trinajstić information content (AvgIpc) is 2.79. The molecule has 0 aliphatic heterocycles. The van der Waals surface area contributed by atoms with E-state index in [1.54, 1.807) is 23.1 Å². The van der Waals surface area contributed by atoms with E-state index >= 15 is 0 Å². The van der Waals surface area contributed by atoms with Gasteiger partial charge in [-0.2, -0.15) is 0 Å². The molecule has 7 heteroatoms. The maximum Gasteiger partial charge on any atom is 0.242 e. The first-order valence-electron chi connectivity index (χ1n) is 11.6. The number of benzene rings is 2. The molecule has 5 nitrogen and oxygen atoms in total. The van der Waals surface area contributed by atoms with E-state index in [1.165, 1.54) is 0 Å². The van der Waals surface area contributed by atoms with Crippen LogP contribution in [-0.2, 0) is 16.1 Å². The first kappa shape index (κ1) is 27.0. The van der Waals surface area contributed by atoms with Crippen molar-refractivity contribution in [2.75, 3.05) is 13.2 Å². The second-order valence-electron chi connectivity index (χ2n) is 8.06. The molecule has 2 amide bonds. The largest absolute Gasteiger partial charge is 0.494 e. The molecular formula is C26H34Cl2N2O3. The molecule has 0 aliphatic carbocycles. The molecule has 2 aromatic carbocycles. The standard InChI is InChI=1S/C26H34Cl2N2O3/c1-4-6-16-29-26(32)24(5-2)30(18-21-22(27)9-7-10-23(21)28)25(31)11-8-17-33-20-14-12-19(3)13-15-20/h7,9-10,12-15,24H,4-6,8,11,16-18H2,1-3H3,(H,29,32)/t24-/m1/s1. The fraction of sp³-hybridized carbons (Fsp3) is 0.462. The topological polar surface area (TPSA) is 58.6 Å². The summed E-state index contributed by atoms with van der Waals surface area (Å²) in [6.45, 7) is 7.16. The van der Waals surface area contributed by atoms with Crippen LogP contribution in [0.3, 0.4) is 0 Å². The van der Waals surface area contributed by atoms with Crippen molar-refractivity contribution in [3.63, 3.8) is 0 Å². The van der Waals surface area contributed by atoms with E-state index in [1.807, 2.05) is 38.1 Å². The average molecular weight is 493 g/mol. The van der Waals surface area contributed by atoms with Gasteiger partial charge in [-0.05, 0) is 50.5 Å². The smallest absolute Gasteiger partial charge is 0.242 e. The monoisotopic (exact) mass is 492 g/mol. The summed E-state index contributed by atoms with van der Waals surface area (Å²) in [4.78, 5) is 27.8. The lowest BCUT2D eigenvalue weighted by atomic mass is 10.1. The summed E-state index contributed by atoms with van der Waals surface area (Å²) < 4.78 is 5.76. The lowest BCUT2D eigenvalue weighted by Crippen LogP contribution is -2.49. The van der Waals surface area contributed by atoms with Gasteiger partial charge in [0.25, 0.3) is 0 Å². The molecule has 0 radical (unpaired) electrons. The van der Waals surface area contributed by atoms with Crippen molar-refractivity contribution in [2.45, 2.75) is 65.5 Å². The van der Waals surface area contributed by atoms with E-state index < -0.39 is 6.04 Å². The fourth-order valence-corrected chi connectivity index (χ4v) is 3.99. The number of nitrogens with zero attached hydrogens (tertiary/aromatic N) is 1. The van der Waals surface area contributed by atoms with E-state index in [4.69, 9.17) is 27.9 Å². The van der Waals surface area contributed by atoms with Crippen molar-refractivity contribution in [1.29, 1.82) is 0 Å². The molecule has 0 unspecified atom stereocenters. The predicted octanol–water partition coefficient (Wildman–Crippen LogP) is 6.18. The van der Waals surface area contributed by atoms with Crippen LogP contribution >= 0.6 is 23.2 Å². The van der Waals surface area contributed by atoms with E-state index in [0.29, 0.717) is 41.6 Å². The molecule has 2 rings (SSSR count). The fourth-order valence-electron chi connectivity index (χ4n) is 3.47. The van der Waals surface area contributed by atoms with Crippen LogP contribution in [0.4, 0.5) is 0 Å². The SMILES string of the molecule is CCCCNC(=O)[C@@H](CC)N(Cc1c(Cl)cccc1Cl)C(=O)CCCOc1ccc(C)cc1. The molecule has 33 heavy (non-hydrogen) atoms. The van der Waals surface area contributed by atoms with E-state index in [0.717, 1.165) is 24.2 Å². The zero-order valence-electron chi connectivity index (χ0n) is 19.7. The molecule has 0 saturated carbocycles. The van der Waals surface area contributed by atoms with Crippen LogP contribution in [0.1, 0.15) is 57.1 Å². The number of carbonyl (C=O) groups excluding carboxylic acids is 2. The van der Waals surface area contributed by atoms with Crippen LogP contribution in [0.15, 0.2) is 42.5 Å². The van der Waals surface area contributed by atoms with Gasteiger partial charge in [-0.3, -0.25) is 9.59 Å². The number of ether oxygens (including phenoxy) is 1. The summed E-state index contributed by atoms with van der Waals surface area (Å²) in [5.74, 6) is 0.490. The minimum Gasteiger partial charge on any atom is -0.494 e. The molecule has 0 aromatic heterocycles. The summed E-state index contributed by atoms with van der Waals surface area (Å²) in [5, 5.41) is 3.91. The van der Waals surface area contributed by atoms with Crippen molar-refractivity contribution in [3.8, 4) is 5.75 Å². The zero-order chi connectivity index (χ0) is 24.2. The van der Waals surface area contributed by atoms with Gasteiger partial charge in [0, 0.05) is 35.1 Å². The highest BCUT2D eigenvalue weighted by Gasteiger charge is 2.29. The van der Waals surface area contributed by atoms with Crippen molar-refractivity contribution in [2.24, 2.45) is 0 Å². The highest BCUT2D eigenvalue weighted by atomic mass is 35.5. The van der Waals surface area contributed by atoms with Crippen LogP contribution in [-0.4, -0.2) is 35.9 Å². The van der Waals surface area contributed by atoms with Gasteiger partial charge in [-0.25, -0.2) is 0 Å². The third-order valence-electron chi connectivity index (χ3n) is 5.43. The summed E-state index contributed by atoms with van der Waals surface area (Å²) in [7, 11) is 0. The summed E-state index contributed by atoms with van der Waals surface area (Å²) in [6.07, 6.45) is 3.16. The van der Waals surface area contributed by atoms with Crippen molar-refractivity contribution >= 4 is 35.0 Å². The Morgan fingerprint density at radius 2 is 1.70 bits per heavy atom. The number of rotatable bonds is 13. The number of carbonyl (C=O) groups is 2. The molecule has 1 N–H and O–H groups in total. The van der Waals surface area contributed by atoms with Gasteiger partial charge in [0.1, 0.15) is 11.8 Å². The number of hydrogen-bond donors (Lipinski definition) is 1. The quantitative estimate of drug-likeness (QED) is 0.339. The first-order valence-corrected chi connectivity index (χ1v) is 12.3. The Morgan fingerprint density at radius 1 is 1.03 bits per heavy atom. The number of hydrogen-bond acceptors (Lipinski definition) is 3. The van der Waals surface area contributed by atoms with Gasteiger partial charge in [0.15, 0.2) is 0 Å². The van der Waals surface area contributed by atoms with Crippen molar-refractivity contribution in [1.82, 2.24) is 10.2 Å². The molecule has 1 atom stereocenters. The third kappa shape index (κ3) is 8.56. The molecule has 0 saturated heterocycles. The highest BCUT2D eigenvalue weighted by Crippen LogP contribution is 2.27. The molecule has 2 aromatic rings.